The van der Waals surface area contributed by atoms with E-state index in [9.17, 15) is 14.7 Å². The molecule has 0 saturated heterocycles. The molecule has 0 bridgehead atoms. The summed E-state index contributed by atoms with van der Waals surface area (Å²) in [5, 5.41) is 11.4. The molecule has 6 nitrogen and oxygen atoms in total. The normalized spacial score (nSPS) is 15.5. The topological polar surface area (TPSA) is 89.6 Å². The third kappa shape index (κ3) is 3.24. The van der Waals surface area contributed by atoms with E-state index in [2.05, 4.69) is 4.98 Å². The highest BCUT2D eigenvalue weighted by atomic mass is 35.5. The molecule has 2 aromatic heterocycles. The standard InChI is InChI=1S/C23H13Cl2NO5/c24-12-5-3-11(4-6-12)15-10-30-22-19-14(13-2-1-7-26-23(13)25)8-18(28)31-17(19)9-16(27)20(22)21(15)29/h1-7,9-10,14,27H,8H2/t14-/m1/s1. The number of ether oxygens (including phenoxy) is 1. The Hall–Kier alpha value is -3.35. The van der Waals surface area contributed by atoms with E-state index >= 15 is 0 Å². The van der Waals surface area contributed by atoms with Crippen LogP contribution >= 0.6 is 23.2 Å². The first-order valence-electron chi connectivity index (χ1n) is 9.32. The van der Waals surface area contributed by atoms with Crippen molar-refractivity contribution in [2.24, 2.45) is 0 Å². The molecule has 0 aliphatic carbocycles. The van der Waals surface area contributed by atoms with Gasteiger partial charge < -0.3 is 14.3 Å². The zero-order valence-corrected chi connectivity index (χ0v) is 17.3. The van der Waals surface area contributed by atoms with E-state index in [4.69, 9.17) is 32.4 Å². The molecule has 1 N–H and O–H groups in total. The molecule has 0 unspecified atom stereocenters. The van der Waals surface area contributed by atoms with Gasteiger partial charge in [0.2, 0.25) is 5.43 Å². The minimum atomic E-state index is -0.551. The van der Waals surface area contributed by atoms with E-state index in [1.807, 2.05) is 0 Å². The van der Waals surface area contributed by atoms with Gasteiger partial charge in [-0.05, 0) is 29.3 Å². The highest BCUT2D eigenvalue weighted by molar-refractivity contribution is 6.30. The lowest BCUT2D eigenvalue weighted by Gasteiger charge is -2.26. The van der Waals surface area contributed by atoms with E-state index in [0.717, 1.165) is 0 Å². The average molecular weight is 454 g/mol. The minimum Gasteiger partial charge on any atom is -0.507 e. The monoisotopic (exact) mass is 453 g/mol. The van der Waals surface area contributed by atoms with E-state index in [0.29, 0.717) is 21.7 Å². The molecule has 1 aliphatic rings. The molecule has 0 radical (unpaired) electrons. The van der Waals surface area contributed by atoms with Gasteiger partial charge in [0.05, 0.1) is 12.0 Å². The molecule has 4 aromatic rings. The summed E-state index contributed by atoms with van der Waals surface area (Å²) in [6.07, 6.45) is 2.86. The molecule has 3 heterocycles. The number of carbonyl (C=O) groups is 1. The largest absolute Gasteiger partial charge is 0.507 e. The van der Waals surface area contributed by atoms with Crippen LogP contribution in [-0.4, -0.2) is 16.1 Å². The van der Waals surface area contributed by atoms with Gasteiger partial charge in [-0.25, -0.2) is 4.98 Å². The Balaban J connectivity index is 1.80. The molecule has 0 fully saturated rings. The van der Waals surface area contributed by atoms with Gasteiger partial charge in [-0.15, -0.1) is 0 Å². The second kappa shape index (κ2) is 7.41. The lowest BCUT2D eigenvalue weighted by molar-refractivity contribution is -0.135. The van der Waals surface area contributed by atoms with Crippen LogP contribution in [0.2, 0.25) is 10.2 Å². The van der Waals surface area contributed by atoms with Gasteiger partial charge in [-0.2, -0.15) is 0 Å². The third-order valence-corrected chi connectivity index (χ3v) is 5.86. The Morgan fingerprint density at radius 2 is 1.87 bits per heavy atom. The van der Waals surface area contributed by atoms with E-state index in [1.54, 1.807) is 42.6 Å². The van der Waals surface area contributed by atoms with Crippen LogP contribution in [0.25, 0.3) is 22.1 Å². The second-order valence-corrected chi connectivity index (χ2v) is 7.91. The van der Waals surface area contributed by atoms with Crippen molar-refractivity contribution >= 4 is 40.1 Å². The molecule has 5 rings (SSSR count). The summed E-state index contributed by atoms with van der Waals surface area (Å²) in [4.78, 5) is 29.6. The van der Waals surface area contributed by atoms with Crippen LogP contribution in [0.3, 0.4) is 0 Å². The molecule has 2 aromatic carbocycles. The fourth-order valence-corrected chi connectivity index (χ4v) is 4.26. The smallest absolute Gasteiger partial charge is 0.312 e. The van der Waals surface area contributed by atoms with Crippen molar-refractivity contribution in [3.8, 4) is 22.6 Å². The minimum absolute atomic E-state index is 0.00541. The summed E-state index contributed by atoms with van der Waals surface area (Å²) in [5.41, 5.74) is 1.63. The van der Waals surface area contributed by atoms with Crippen LogP contribution in [0.5, 0.6) is 11.5 Å². The van der Waals surface area contributed by atoms with Gasteiger partial charge in [0.15, 0.2) is 0 Å². The van der Waals surface area contributed by atoms with Crippen molar-refractivity contribution in [2.45, 2.75) is 12.3 Å². The molecule has 8 heteroatoms. The van der Waals surface area contributed by atoms with Crippen molar-refractivity contribution in [3.05, 3.63) is 86.5 Å². The number of pyridine rings is 1. The number of carbonyl (C=O) groups excluding carboxylic acids is 1. The number of hydrogen-bond acceptors (Lipinski definition) is 6. The van der Waals surface area contributed by atoms with Gasteiger partial charge in [-0.1, -0.05) is 41.4 Å². The molecule has 0 spiro atoms. The van der Waals surface area contributed by atoms with Crippen LogP contribution in [0.15, 0.2) is 64.1 Å². The Kier molecular flexibility index (Phi) is 4.68. The molecule has 1 atom stereocenters. The maximum atomic E-state index is 13.3. The predicted molar refractivity (Wildman–Crippen MR) is 116 cm³/mol. The molecule has 0 amide bonds. The number of esters is 1. The summed E-state index contributed by atoms with van der Waals surface area (Å²) in [6, 6.07) is 11.4. The lowest BCUT2D eigenvalue weighted by Crippen LogP contribution is -2.22. The first-order chi connectivity index (χ1) is 14.9. The zero-order valence-electron chi connectivity index (χ0n) is 15.8. The molecule has 154 valence electrons. The molecule has 1 aliphatic heterocycles. The van der Waals surface area contributed by atoms with Crippen LogP contribution in [0, 0.1) is 0 Å². The number of phenolic OH excluding ortho intramolecular Hbond substituents is 1. The third-order valence-electron chi connectivity index (χ3n) is 5.29. The molecular weight excluding hydrogens is 441 g/mol. The fraction of sp³-hybridized carbons (Fsp3) is 0.0870. The van der Waals surface area contributed by atoms with Gasteiger partial charge >= 0.3 is 5.97 Å². The van der Waals surface area contributed by atoms with Gasteiger partial charge in [0.25, 0.3) is 0 Å². The average Bonchev–Trinajstić information content (AvgIpc) is 2.74. The quantitative estimate of drug-likeness (QED) is 0.251. The van der Waals surface area contributed by atoms with Crippen LogP contribution in [-0.2, 0) is 4.79 Å². The summed E-state index contributed by atoms with van der Waals surface area (Å²) in [6.45, 7) is 0. The number of benzene rings is 2. The predicted octanol–water partition coefficient (Wildman–Crippen LogP) is 5.31. The Labute approximate surface area is 185 Å². The van der Waals surface area contributed by atoms with Crippen molar-refractivity contribution in [3.63, 3.8) is 0 Å². The van der Waals surface area contributed by atoms with Gasteiger partial charge in [-0.3, -0.25) is 9.59 Å². The van der Waals surface area contributed by atoms with Crippen molar-refractivity contribution in [2.75, 3.05) is 0 Å². The van der Waals surface area contributed by atoms with Crippen molar-refractivity contribution < 1.29 is 19.1 Å². The van der Waals surface area contributed by atoms with Gasteiger partial charge in [0, 0.05) is 28.8 Å². The van der Waals surface area contributed by atoms with E-state index < -0.39 is 17.3 Å². The number of aromatic nitrogens is 1. The molecule has 0 saturated carbocycles. The summed E-state index contributed by atoms with van der Waals surface area (Å²) in [7, 11) is 0. The highest BCUT2D eigenvalue weighted by Crippen LogP contribution is 2.46. The molecule has 31 heavy (non-hydrogen) atoms. The number of nitrogens with zero attached hydrogens (tertiary/aromatic N) is 1. The van der Waals surface area contributed by atoms with Crippen molar-refractivity contribution in [1.29, 1.82) is 0 Å². The SMILES string of the molecule is O=C1C[C@H](c2cccnc2Cl)c2c(cc(O)c3c(=O)c(-c4ccc(Cl)cc4)coc23)O1. The number of fused-ring (bicyclic) bond motifs is 3. The fourth-order valence-electron chi connectivity index (χ4n) is 3.88. The van der Waals surface area contributed by atoms with Crippen LogP contribution < -0.4 is 10.2 Å². The first-order valence-corrected chi connectivity index (χ1v) is 10.1. The maximum Gasteiger partial charge on any atom is 0.312 e. The van der Waals surface area contributed by atoms with Crippen LogP contribution in [0.1, 0.15) is 23.5 Å². The summed E-state index contributed by atoms with van der Waals surface area (Å²) < 4.78 is 11.2. The Bertz CT molecular complexity index is 1410. The summed E-state index contributed by atoms with van der Waals surface area (Å²) in [5.74, 6) is -1.26. The van der Waals surface area contributed by atoms with E-state index in [-0.39, 0.29) is 39.6 Å². The Morgan fingerprint density at radius 3 is 2.61 bits per heavy atom. The number of aromatic hydroxyl groups is 1. The number of halogens is 2. The second-order valence-electron chi connectivity index (χ2n) is 7.11. The maximum absolute atomic E-state index is 13.3. The number of phenols is 1. The number of hydrogen-bond donors (Lipinski definition) is 1. The number of rotatable bonds is 2. The van der Waals surface area contributed by atoms with Crippen LogP contribution in [0.4, 0.5) is 0 Å². The summed E-state index contributed by atoms with van der Waals surface area (Å²) >= 11 is 12.2. The van der Waals surface area contributed by atoms with Gasteiger partial charge in [0.1, 0.15) is 33.9 Å². The first kappa shape index (κ1) is 19.6. The lowest BCUT2D eigenvalue weighted by atomic mass is 9.85. The highest BCUT2D eigenvalue weighted by Gasteiger charge is 2.34. The Morgan fingerprint density at radius 1 is 1.10 bits per heavy atom. The van der Waals surface area contributed by atoms with E-state index in [1.165, 1.54) is 12.3 Å². The van der Waals surface area contributed by atoms with Crippen molar-refractivity contribution in [1.82, 2.24) is 4.98 Å². The zero-order chi connectivity index (χ0) is 21.7. The molecular formula is C23H13Cl2NO5.